The van der Waals surface area contributed by atoms with E-state index in [-0.39, 0.29) is 18.3 Å². The zero-order valence-electron chi connectivity index (χ0n) is 10.8. The van der Waals surface area contributed by atoms with Gasteiger partial charge in [-0.3, -0.25) is 14.9 Å². The fraction of sp³-hybridized carbons (Fsp3) is 0.154. The highest BCUT2D eigenvalue weighted by atomic mass is 32.1. The van der Waals surface area contributed by atoms with Crippen LogP contribution in [0.1, 0.15) is 17.4 Å². The number of aromatic nitrogens is 1. The molecule has 0 radical (unpaired) electrons. The first-order valence-corrected chi connectivity index (χ1v) is 6.67. The smallest absolute Gasteiger partial charge is 0.264 e. The van der Waals surface area contributed by atoms with Crippen molar-refractivity contribution in [2.24, 2.45) is 0 Å². The van der Waals surface area contributed by atoms with Gasteiger partial charge in [-0.1, -0.05) is 6.07 Å². The van der Waals surface area contributed by atoms with Gasteiger partial charge in [0.1, 0.15) is 11.4 Å². The van der Waals surface area contributed by atoms with Crippen molar-refractivity contribution in [1.82, 2.24) is 4.98 Å². The van der Waals surface area contributed by atoms with Gasteiger partial charge in [0.05, 0.1) is 0 Å². The Kier molecular flexibility index (Phi) is 4.31. The van der Waals surface area contributed by atoms with Crippen LogP contribution in [-0.2, 0) is 4.79 Å². The summed E-state index contributed by atoms with van der Waals surface area (Å²) in [4.78, 5) is 26.7. The monoisotopic (exact) mass is 291 g/mol. The second kappa shape index (κ2) is 6.16. The van der Waals surface area contributed by atoms with Crippen LogP contribution in [0, 0.1) is 0 Å². The molecule has 0 fully saturated rings. The van der Waals surface area contributed by atoms with Gasteiger partial charge in [0.25, 0.3) is 5.91 Å². The lowest BCUT2D eigenvalue weighted by molar-refractivity contribution is -0.118. The molecule has 20 heavy (non-hydrogen) atoms. The quantitative estimate of drug-likeness (QED) is 0.648. The van der Waals surface area contributed by atoms with E-state index in [1.807, 2.05) is 0 Å². The Hall–Kier alpha value is -2.41. The third-order valence-electron chi connectivity index (χ3n) is 2.34. The first-order valence-electron chi connectivity index (χ1n) is 5.79. The zero-order chi connectivity index (χ0) is 14.5. The molecule has 0 aliphatic heterocycles. The lowest BCUT2D eigenvalue weighted by atomic mass is 10.3. The SMILES string of the molecule is CC(=O)c1csc(NC(=O)COc2cccc(N)c2)n1. The molecule has 3 N–H and O–H groups in total. The fourth-order valence-corrected chi connectivity index (χ4v) is 2.17. The number of hydrogen-bond acceptors (Lipinski definition) is 6. The molecule has 0 saturated carbocycles. The van der Waals surface area contributed by atoms with Crippen molar-refractivity contribution in [2.45, 2.75) is 6.92 Å². The predicted molar refractivity (Wildman–Crippen MR) is 77.1 cm³/mol. The van der Waals surface area contributed by atoms with Crippen LogP contribution < -0.4 is 15.8 Å². The molecule has 6 nitrogen and oxygen atoms in total. The molecule has 0 spiro atoms. The second-order valence-corrected chi connectivity index (χ2v) is 4.86. The van der Waals surface area contributed by atoms with Crippen molar-refractivity contribution in [3.05, 3.63) is 35.3 Å². The molecular weight excluding hydrogens is 278 g/mol. The summed E-state index contributed by atoms with van der Waals surface area (Å²) in [6.45, 7) is 1.27. The van der Waals surface area contributed by atoms with E-state index in [0.717, 1.165) is 0 Å². The molecule has 1 heterocycles. The van der Waals surface area contributed by atoms with Crippen LogP contribution in [0.4, 0.5) is 10.8 Å². The maximum Gasteiger partial charge on any atom is 0.264 e. The first-order chi connectivity index (χ1) is 9.54. The van der Waals surface area contributed by atoms with Crippen molar-refractivity contribution in [3.63, 3.8) is 0 Å². The van der Waals surface area contributed by atoms with E-state index >= 15 is 0 Å². The molecule has 1 aromatic heterocycles. The van der Waals surface area contributed by atoms with E-state index < -0.39 is 0 Å². The van der Waals surface area contributed by atoms with Gasteiger partial charge in [-0.2, -0.15) is 0 Å². The number of carbonyl (C=O) groups is 2. The van der Waals surface area contributed by atoms with Crippen molar-refractivity contribution in [3.8, 4) is 5.75 Å². The number of nitrogen functional groups attached to an aromatic ring is 1. The molecule has 2 rings (SSSR count). The van der Waals surface area contributed by atoms with Crippen LogP contribution in [0.2, 0.25) is 0 Å². The lowest BCUT2D eigenvalue weighted by Crippen LogP contribution is -2.20. The minimum Gasteiger partial charge on any atom is -0.484 e. The van der Waals surface area contributed by atoms with Crippen molar-refractivity contribution < 1.29 is 14.3 Å². The van der Waals surface area contributed by atoms with Gasteiger partial charge in [0.2, 0.25) is 0 Å². The standard InChI is InChI=1S/C13H13N3O3S/c1-8(17)11-7-20-13(15-11)16-12(18)6-19-10-4-2-3-9(14)5-10/h2-5,7H,6,14H2,1H3,(H,15,16,18). The van der Waals surface area contributed by atoms with Gasteiger partial charge >= 0.3 is 0 Å². The predicted octanol–water partition coefficient (Wildman–Crippen LogP) is 1.95. The first kappa shape index (κ1) is 14.0. The summed E-state index contributed by atoms with van der Waals surface area (Å²) in [6.07, 6.45) is 0. The largest absolute Gasteiger partial charge is 0.484 e. The number of nitrogens with one attached hydrogen (secondary N) is 1. The number of anilines is 2. The highest BCUT2D eigenvalue weighted by Gasteiger charge is 2.09. The van der Waals surface area contributed by atoms with Crippen LogP contribution in [0.5, 0.6) is 5.75 Å². The van der Waals surface area contributed by atoms with Crippen LogP contribution in [-0.4, -0.2) is 23.3 Å². The number of hydrogen-bond donors (Lipinski definition) is 2. The number of amides is 1. The van der Waals surface area contributed by atoms with Crippen LogP contribution in [0.15, 0.2) is 29.6 Å². The summed E-state index contributed by atoms with van der Waals surface area (Å²) in [5, 5.41) is 4.53. The van der Waals surface area contributed by atoms with Gasteiger partial charge in [0, 0.05) is 24.1 Å². The summed E-state index contributed by atoms with van der Waals surface area (Å²) in [5.41, 5.74) is 6.50. The Balaban J connectivity index is 1.87. The van der Waals surface area contributed by atoms with Crippen molar-refractivity contribution >= 4 is 33.8 Å². The third-order valence-corrected chi connectivity index (χ3v) is 3.10. The summed E-state index contributed by atoms with van der Waals surface area (Å²) in [7, 11) is 0. The number of Topliss-reactive ketones (excluding diaryl/α,β-unsaturated/α-hetero) is 1. The Morgan fingerprint density at radius 3 is 2.90 bits per heavy atom. The molecule has 2 aromatic rings. The van der Waals surface area contributed by atoms with Gasteiger partial charge in [-0.15, -0.1) is 11.3 Å². The van der Waals surface area contributed by atoms with Gasteiger partial charge in [0.15, 0.2) is 17.5 Å². The number of rotatable bonds is 5. The molecule has 1 aromatic carbocycles. The van der Waals surface area contributed by atoms with Crippen LogP contribution in [0.3, 0.4) is 0 Å². The maximum atomic E-state index is 11.7. The van der Waals surface area contributed by atoms with Crippen molar-refractivity contribution in [2.75, 3.05) is 17.7 Å². The molecule has 104 valence electrons. The minimum atomic E-state index is -0.350. The molecule has 7 heteroatoms. The Bertz CT molecular complexity index is 639. The molecule has 0 aliphatic rings. The summed E-state index contributed by atoms with van der Waals surface area (Å²) in [5.74, 6) is 0.0263. The molecular formula is C13H13N3O3S. The number of nitrogens with zero attached hydrogens (tertiary/aromatic N) is 1. The Morgan fingerprint density at radius 1 is 1.45 bits per heavy atom. The van der Waals surface area contributed by atoms with E-state index in [0.29, 0.717) is 22.3 Å². The maximum absolute atomic E-state index is 11.7. The summed E-state index contributed by atoms with van der Waals surface area (Å²) < 4.78 is 5.29. The zero-order valence-corrected chi connectivity index (χ0v) is 11.6. The van der Waals surface area contributed by atoms with E-state index in [9.17, 15) is 9.59 Å². The number of carbonyl (C=O) groups excluding carboxylic acids is 2. The number of ether oxygens (including phenoxy) is 1. The lowest BCUT2D eigenvalue weighted by Gasteiger charge is -2.06. The number of nitrogens with two attached hydrogens (primary N) is 1. The average Bonchev–Trinajstić information content (AvgIpc) is 2.85. The normalized spacial score (nSPS) is 10.1. The van der Waals surface area contributed by atoms with Crippen LogP contribution in [0.25, 0.3) is 0 Å². The number of ketones is 1. The van der Waals surface area contributed by atoms with Gasteiger partial charge in [-0.05, 0) is 12.1 Å². The minimum absolute atomic E-state index is 0.141. The molecule has 0 unspecified atom stereocenters. The van der Waals surface area contributed by atoms with E-state index in [2.05, 4.69) is 10.3 Å². The molecule has 0 atom stereocenters. The third kappa shape index (κ3) is 3.79. The van der Waals surface area contributed by atoms with E-state index in [4.69, 9.17) is 10.5 Å². The fourth-order valence-electron chi connectivity index (χ4n) is 1.40. The Labute approximate surface area is 119 Å². The average molecular weight is 291 g/mol. The van der Waals surface area contributed by atoms with E-state index in [1.54, 1.807) is 29.6 Å². The molecule has 0 bridgehead atoms. The second-order valence-electron chi connectivity index (χ2n) is 4.00. The summed E-state index contributed by atoms with van der Waals surface area (Å²) in [6, 6.07) is 6.81. The molecule has 1 amide bonds. The number of thiazole rings is 1. The van der Waals surface area contributed by atoms with Crippen LogP contribution >= 0.6 is 11.3 Å². The highest BCUT2D eigenvalue weighted by Crippen LogP contribution is 2.16. The topological polar surface area (TPSA) is 94.3 Å². The van der Waals surface area contributed by atoms with E-state index in [1.165, 1.54) is 18.3 Å². The molecule has 0 aliphatic carbocycles. The summed E-state index contributed by atoms with van der Waals surface area (Å²) >= 11 is 1.19. The Morgan fingerprint density at radius 2 is 2.25 bits per heavy atom. The highest BCUT2D eigenvalue weighted by molar-refractivity contribution is 7.14. The van der Waals surface area contributed by atoms with Gasteiger partial charge in [-0.25, -0.2) is 4.98 Å². The molecule has 0 saturated heterocycles. The van der Waals surface area contributed by atoms with Crippen molar-refractivity contribution in [1.29, 1.82) is 0 Å². The number of benzene rings is 1. The van der Waals surface area contributed by atoms with Gasteiger partial charge < -0.3 is 10.5 Å².